The summed E-state index contributed by atoms with van der Waals surface area (Å²) in [5, 5.41) is 1.03. The quantitative estimate of drug-likeness (QED) is 0.422. The molecule has 0 unspecified atom stereocenters. The molecule has 23 heavy (non-hydrogen) atoms. The molecule has 7 heteroatoms. The Morgan fingerprint density at radius 3 is 2.43 bits per heavy atom. The maximum absolute atomic E-state index is 6.00. The summed E-state index contributed by atoms with van der Waals surface area (Å²) in [5.74, 6) is 1.23. The van der Waals surface area contributed by atoms with Gasteiger partial charge in [0, 0.05) is 15.4 Å². The molecule has 3 aromatic rings. The molecule has 0 spiro atoms. The smallest absolute Gasteiger partial charge is 0.220 e. The Morgan fingerprint density at radius 2 is 1.70 bits per heavy atom. The van der Waals surface area contributed by atoms with Crippen molar-refractivity contribution in [3.05, 3.63) is 52.8 Å². The third-order valence-corrected chi connectivity index (χ3v) is 5.47. The van der Waals surface area contributed by atoms with Crippen LogP contribution in [0.1, 0.15) is 5.69 Å². The van der Waals surface area contributed by atoms with Crippen LogP contribution in [-0.2, 0) is 6.42 Å². The van der Waals surface area contributed by atoms with Crippen molar-refractivity contribution in [1.82, 2.24) is 9.97 Å². The topological polar surface area (TPSA) is 61.0 Å². The fourth-order valence-corrected chi connectivity index (χ4v) is 6.16. The van der Waals surface area contributed by atoms with E-state index in [1.165, 1.54) is 3.57 Å². The molecule has 0 bridgehead atoms. The van der Waals surface area contributed by atoms with Crippen molar-refractivity contribution in [2.24, 2.45) is 0 Å². The summed E-state index contributed by atoms with van der Waals surface area (Å²) in [5.41, 5.74) is 7.60. The van der Waals surface area contributed by atoms with Crippen LogP contribution in [0.5, 0.6) is 5.75 Å². The molecule has 1 aromatic heterocycles. The number of nitrogens with zero attached hydrogens (tertiary/aromatic N) is 2. The van der Waals surface area contributed by atoms with Crippen LogP contribution in [0.25, 0.3) is 10.9 Å². The average molecular weight is 643 g/mol. The Hall–Kier alpha value is -0.430. The number of ether oxygens (including phenoxy) is 1. The number of hydrogen-bond acceptors (Lipinski definition) is 4. The molecule has 0 saturated carbocycles. The summed E-state index contributed by atoms with van der Waals surface area (Å²) in [6.07, 6.45) is 0.686. The maximum atomic E-state index is 6.00. The molecule has 0 aliphatic heterocycles. The van der Waals surface area contributed by atoms with Crippen molar-refractivity contribution in [3.63, 3.8) is 0 Å². The number of nitrogen functional groups attached to an aromatic ring is 1. The highest BCUT2D eigenvalue weighted by molar-refractivity contribution is 14.1. The Labute approximate surface area is 175 Å². The molecule has 0 aliphatic rings. The second kappa shape index (κ2) is 7.64. The minimum absolute atomic E-state index is 0.303. The van der Waals surface area contributed by atoms with Gasteiger partial charge in [-0.15, -0.1) is 0 Å². The van der Waals surface area contributed by atoms with Crippen LogP contribution in [0.15, 0.2) is 36.4 Å². The van der Waals surface area contributed by atoms with Crippen molar-refractivity contribution in [2.75, 3.05) is 12.3 Å². The summed E-state index contributed by atoms with van der Waals surface area (Å²) < 4.78 is 9.44. The van der Waals surface area contributed by atoms with Gasteiger partial charge in [-0.3, -0.25) is 0 Å². The van der Waals surface area contributed by atoms with Gasteiger partial charge in [0.25, 0.3) is 0 Å². The van der Waals surface area contributed by atoms with Crippen LogP contribution < -0.4 is 10.5 Å². The lowest BCUT2D eigenvalue weighted by Gasteiger charge is -2.12. The van der Waals surface area contributed by atoms with Crippen molar-refractivity contribution in [3.8, 4) is 5.75 Å². The molecular weight excluding hydrogens is 631 g/mol. The largest absolute Gasteiger partial charge is 0.491 e. The monoisotopic (exact) mass is 643 g/mol. The number of nitrogens with two attached hydrogens (primary N) is 1. The third kappa shape index (κ3) is 4.16. The van der Waals surface area contributed by atoms with E-state index >= 15 is 0 Å². The highest BCUT2D eigenvalue weighted by atomic mass is 127. The number of aromatic nitrogens is 2. The first-order valence-electron chi connectivity index (χ1n) is 6.83. The third-order valence-electron chi connectivity index (χ3n) is 3.25. The van der Waals surface area contributed by atoms with Crippen LogP contribution in [0.4, 0.5) is 5.95 Å². The average Bonchev–Trinajstić information content (AvgIpc) is 2.49. The summed E-state index contributed by atoms with van der Waals surface area (Å²) >= 11 is 6.92. The molecular formula is C16H12I3N3O. The first-order chi connectivity index (χ1) is 11.0. The van der Waals surface area contributed by atoms with Crippen molar-refractivity contribution in [2.45, 2.75) is 6.42 Å². The molecule has 118 valence electrons. The lowest BCUT2D eigenvalue weighted by Crippen LogP contribution is -2.08. The molecule has 0 amide bonds. The fraction of sp³-hybridized carbons (Fsp3) is 0.125. The zero-order chi connectivity index (χ0) is 16.4. The lowest BCUT2D eigenvalue weighted by atomic mass is 10.1. The van der Waals surface area contributed by atoms with E-state index in [-0.39, 0.29) is 0 Å². The minimum Gasteiger partial charge on any atom is -0.491 e. The molecule has 2 N–H and O–H groups in total. The van der Waals surface area contributed by atoms with Gasteiger partial charge in [-0.25, -0.2) is 9.97 Å². The van der Waals surface area contributed by atoms with Crippen LogP contribution >= 0.6 is 67.8 Å². The standard InChI is InChI=1S/C16H12I3N3O/c17-9-7-11(18)15(12(19)8-9)23-6-5-14-10-3-1-2-4-13(10)21-16(20)22-14/h1-4,7-8H,5-6H2,(H2,20,21,22). The molecule has 4 nitrogen and oxygen atoms in total. The van der Waals surface area contributed by atoms with Gasteiger partial charge < -0.3 is 10.5 Å². The number of anilines is 1. The predicted molar refractivity (Wildman–Crippen MR) is 118 cm³/mol. The van der Waals surface area contributed by atoms with E-state index in [2.05, 4.69) is 89.9 Å². The first-order valence-corrected chi connectivity index (χ1v) is 10.1. The summed E-state index contributed by atoms with van der Waals surface area (Å²) in [6, 6.07) is 12.1. The van der Waals surface area contributed by atoms with E-state index in [1.807, 2.05) is 24.3 Å². The van der Waals surface area contributed by atoms with Gasteiger partial charge in [-0.1, -0.05) is 18.2 Å². The Bertz CT molecular complexity index is 847. The first kappa shape index (κ1) is 17.4. The molecule has 0 aliphatic carbocycles. The normalized spacial score (nSPS) is 10.9. The molecule has 2 aromatic carbocycles. The van der Waals surface area contributed by atoms with E-state index in [9.17, 15) is 0 Å². The number of rotatable bonds is 4. The predicted octanol–water partition coefficient (Wildman–Crippen LogP) is 4.65. The second-order valence-electron chi connectivity index (χ2n) is 4.84. The van der Waals surface area contributed by atoms with Gasteiger partial charge in [-0.05, 0) is 86.0 Å². The zero-order valence-corrected chi connectivity index (χ0v) is 18.4. The number of para-hydroxylation sites is 1. The Balaban J connectivity index is 1.80. The van der Waals surface area contributed by atoms with E-state index in [0.717, 1.165) is 29.5 Å². The molecule has 3 rings (SSSR count). The highest BCUT2D eigenvalue weighted by Gasteiger charge is 2.10. The van der Waals surface area contributed by atoms with E-state index < -0.39 is 0 Å². The fourth-order valence-electron chi connectivity index (χ4n) is 2.27. The number of halogens is 3. The Morgan fingerprint density at radius 1 is 1.00 bits per heavy atom. The van der Waals surface area contributed by atoms with Crippen molar-refractivity contribution >= 4 is 84.6 Å². The van der Waals surface area contributed by atoms with Crippen molar-refractivity contribution in [1.29, 1.82) is 0 Å². The van der Waals surface area contributed by atoms with Gasteiger partial charge in [0.2, 0.25) is 5.95 Å². The Kier molecular flexibility index (Phi) is 5.78. The van der Waals surface area contributed by atoms with E-state index in [1.54, 1.807) is 0 Å². The summed E-state index contributed by atoms with van der Waals surface area (Å²) in [6.45, 7) is 0.549. The number of benzene rings is 2. The van der Waals surface area contributed by atoms with Gasteiger partial charge in [0.1, 0.15) is 5.75 Å². The van der Waals surface area contributed by atoms with Crippen LogP contribution in [0.3, 0.4) is 0 Å². The van der Waals surface area contributed by atoms with Crippen LogP contribution in [-0.4, -0.2) is 16.6 Å². The summed E-state index contributed by atoms with van der Waals surface area (Å²) in [4.78, 5) is 8.64. The second-order valence-corrected chi connectivity index (χ2v) is 8.41. The molecule has 0 fully saturated rings. The summed E-state index contributed by atoms with van der Waals surface area (Å²) in [7, 11) is 0. The van der Waals surface area contributed by atoms with Gasteiger partial charge >= 0.3 is 0 Å². The zero-order valence-electron chi connectivity index (χ0n) is 11.9. The molecule has 0 radical (unpaired) electrons. The van der Waals surface area contributed by atoms with E-state index in [0.29, 0.717) is 19.0 Å². The number of hydrogen-bond donors (Lipinski definition) is 1. The molecule has 0 atom stereocenters. The van der Waals surface area contributed by atoms with Crippen LogP contribution in [0.2, 0.25) is 0 Å². The van der Waals surface area contributed by atoms with Gasteiger partial charge in [0.05, 0.1) is 25.0 Å². The lowest BCUT2D eigenvalue weighted by molar-refractivity contribution is 0.316. The van der Waals surface area contributed by atoms with Crippen LogP contribution in [0, 0.1) is 10.7 Å². The molecule has 0 saturated heterocycles. The minimum atomic E-state index is 0.303. The molecule has 1 heterocycles. The van der Waals surface area contributed by atoms with Gasteiger partial charge in [-0.2, -0.15) is 0 Å². The van der Waals surface area contributed by atoms with E-state index in [4.69, 9.17) is 10.5 Å². The number of fused-ring (bicyclic) bond motifs is 1. The SMILES string of the molecule is Nc1nc(CCOc2c(I)cc(I)cc2I)c2ccccc2n1. The maximum Gasteiger partial charge on any atom is 0.220 e. The van der Waals surface area contributed by atoms with Crippen molar-refractivity contribution < 1.29 is 4.74 Å². The van der Waals surface area contributed by atoms with Gasteiger partial charge in [0.15, 0.2) is 0 Å². The highest BCUT2D eigenvalue weighted by Crippen LogP contribution is 2.29.